The SMILES string of the molecule is COCCn1cncc1CN1CCCC(C(=O)N2CCOCC2)C1. The number of hydrogen-bond acceptors (Lipinski definition) is 5. The molecule has 0 spiro atoms. The molecule has 0 aromatic carbocycles. The van der Waals surface area contributed by atoms with Crippen LogP contribution in [0.15, 0.2) is 12.5 Å². The van der Waals surface area contributed by atoms with E-state index in [2.05, 4.69) is 14.5 Å². The van der Waals surface area contributed by atoms with Crippen molar-refractivity contribution >= 4 is 5.91 Å². The van der Waals surface area contributed by atoms with E-state index in [9.17, 15) is 4.79 Å². The first-order valence-electron chi connectivity index (χ1n) is 8.84. The van der Waals surface area contributed by atoms with Crippen LogP contribution in [-0.4, -0.2) is 78.4 Å². The molecule has 1 aromatic heterocycles. The molecule has 7 nitrogen and oxygen atoms in total. The summed E-state index contributed by atoms with van der Waals surface area (Å²) in [5.41, 5.74) is 1.19. The Hall–Kier alpha value is -1.44. The number of morpholine rings is 1. The number of rotatable bonds is 6. The average molecular weight is 336 g/mol. The van der Waals surface area contributed by atoms with E-state index >= 15 is 0 Å². The minimum absolute atomic E-state index is 0.118. The second-order valence-electron chi connectivity index (χ2n) is 6.58. The lowest BCUT2D eigenvalue weighted by Crippen LogP contribution is -2.48. The van der Waals surface area contributed by atoms with E-state index in [0.29, 0.717) is 25.7 Å². The third-order valence-electron chi connectivity index (χ3n) is 4.90. The maximum atomic E-state index is 12.7. The van der Waals surface area contributed by atoms with Crippen LogP contribution < -0.4 is 0 Å². The predicted molar refractivity (Wildman–Crippen MR) is 89.5 cm³/mol. The molecule has 0 aliphatic carbocycles. The van der Waals surface area contributed by atoms with Crippen molar-refractivity contribution in [1.82, 2.24) is 19.4 Å². The Kier molecular flexibility index (Phi) is 6.23. The number of piperidine rings is 1. The molecule has 1 unspecified atom stereocenters. The maximum absolute atomic E-state index is 12.7. The molecule has 1 amide bonds. The van der Waals surface area contributed by atoms with Gasteiger partial charge in [0.15, 0.2) is 0 Å². The summed E-state index contributed by atoms with van der Waals surface area (Å²) in [5.74, 6) is 0.420. The lowest BCUT2D eigenvalue weighted by Gasteiger charge is -2.36. The molecule has 2 aliphatic heterocycles. The maximum Gasteiger partial charge on any atom is 0.227 e. The van der Waals surface area contributed by atoms with Crippen molar-refractivity contribution in [1.29, 1.82) is 0 Å². The van der Waals surface area contributed by atoms with Crippen molar-refractivity contribution in [2.75, 3.05) is 53.1 Å². The number of imidazole rings is 1. The first kappa shape index (κ1) is 17.4. The zero-order valence-corrected chi connectivity index (χ0v) is 14.5. The van der Waals surface area contributed by atoms with Gasteiger partial charge in [0, 0.05) is 46.0 Å². The summed E-state index contributed by atoms with van der Waals surface area (Å²) in [7, 11) is 1.71. The van der Waals surface area contributed by atoms with Gasteiger partial charge in [-0.1, -0.05) is 0 Å². The number of carbonyl (C=O) groups is 1. The summed E-state index contributed by atoms with van der Waals surface area (Å²) in [6.07, 6.45) is 5.85. The highest BCUT2D eigenvalue weighted by molar-refractivity contribution is 5.79. The molecule has 0 bridgehead atoms. The van der Waals surface area contributed by atoms with Crippen molar-refractivity contribution in [3.63, 3.8) is 0 Å². The van der Waals surface area contributed by atoms with Gasteiger partial charge in [-0.3, -0.25) is 9.69 Å². The second kappa shape index (κ2) is 8.60. The third-order valence-corrected chi connectivity index (χ3v) is 4.90. The lowest BCUT2D eigenvalue weighted by molar-refractivity contribution is -0.141. The van der Waals surface area contributed by atoms with E-state index < -0.39 is 0 Å². The Balaban J connectivity index is 1.55. The van der Waals surface area contributed by atoms with Gasteiger partial charge in [-0.05, 0) is 19.4 Å². The van der Waals surface area contributed by atoms with Crippen molar-refractivity contribution in [2.45, 2.75) is 25.9 Å². The van der Waals surface area contributed by atoms with E-state index in [0.717, 1.165) is 52.1 Å². The monoisotopic (exact) mass is 336 g/mol. The van der Waals surface area contributed by atoms with Crippen molar-refractivity contribution in [3.8, 4) is 0 Å². The number of hydrogen-bond donors (Lipinski definition) is 0. The minimum Gasteiger partial charge on any atom is -0.383 e. The quantitative estimate of drug-likeness (QED) is 0.761. The third kappa shape index (κ3) is 4.34. The summed E-state index contributed by atoms with van der Waals surface area (Å²) in [6.45, 7) is 7.03. The zero-order valence-electron chi connectivity index (χ0n) is 14.5. The van der Waals surface area contributed by atoms with Gasteiger partial charge in [-0.15, -0.1) is 0 Å². The van der Waals surface area contributed by atoms with Gasteiger partial charge in [-0.25, -0.2) is 4.98 Å². The molecule has 7 heteroatoms. The van der Waals surface area contributed by atoms with Crippen LogP contribution in [0.5, 0.6) is 0 Å². The van der Waals surface area contributed by atoms with E-state index in [4.69, 9.17) is 9.47 Å². The number of likely N-dealkylation sites (tertiary alicyclic amines) is 1. The normalized spacial score (nSPS) is 22.7. The topological polar surface area (TPSA) is 59.8 Å². The van der Waals surface area contributed by atoms with Crippen LogP contribution >= 0.6 is 0 Å². The molecular formula is C17H28N4O3. The van der Waals surface area contributed by atoms with E-state index in [1.165, 1.54) is 5.69 Å². The van der Waals surface area contributed by atoms with Gasteiger partial charge in [0.2, 0.25) is 5.91 Å². The fraction of sp³-hybridized carbons (Fsp3) is 0.765. The first-order chi connectivity index (χ1) is 11.8. The molecule has 3 rings (SSSR count). The molecule has 1 aromatic rings. The van der Waals surface area contributed by atoms with Crippen LogP contribution in [0.25, 0.3) is 0 Å². The average Bonchev–Trinajstić information content (AvgIpc) is 3.07. The summed E-state index contributed by atoms with van der Waals surface area (Å²) in [4.78, 5) is 21.3. The van der Waals surface area contributed by atoms with Gasteiger partial charge in [0.05, 0.1) is 37.8 Å². The number of amides is 1. The van der Waals surface area contributed by atoms with Gasteiger partial charge >= 0.3 is 0 Å². The molecule has 3 heterocycles. The van der Waals surface area contributed by atoms with E-state index in [-0.39, 0.29) is 5.92 Å². The number of ether oxygens (including phenoxy) is 2. The van der Waals surface area contributed by atoms with Crippen LogP contribution in [0.1, 0.15) is 18.5 Å². The van der Waals surface area contributed by atoms with Crippen LogP contribution in [-0.2, 0) is 27.4 Å². The van der Waals surface area contributed by atoms with Gasteiger partial charge in [0.1, 0.15) is 0 Å². The van der Waals surface area contributed by atoms with Gasteiger partial charge < -0.3 is 18.9 Å². The zero-order chi connectivity index (χ0) is 16.8. The molecule has 0 N–H and O–H groups in total. The number of carbonyl (C=O) groups excluding carboxylic acids is 1. The van der Waals surface area contributed by atoms with Gasteiger partial charge in [0.25, 0.3) is 0 Å². The van der Waals surface area contributed by atoms with Crippen LogP contribution in [0.2, 0.25) is 0 Å². The Morgan fingerprint density at radius 2 is 2.21 bits per heavy atom. The largest absolute Gasteiger partial charge is 0.383 e. The second-order valence-corrected chi connectivity index (χ2v) is 6.58. The van der Waals surface area contributed by atoms with Crippen LogP contribution in [0.4, 0.5) is 0 Å². The van der Waals surface area contributed by atoms with Gasteiger partial charge in [-0.2, -0.15) is 0 Å². The Bertz CT molecular complexity index is 528. The first-order valence-corrected chi connectivity index (χ1v) is 8.84. The Labute approximate surface area is 143 Å². The van der Waals surface area contributed by atoms with Crippen LogP contribution in [0.3, 0.4) is 0 Å². The highest BCUT2D eigenvalue weighted by Gasteiger charge is 2.30. The highest BCUT2D eigenvalue weighted by Crippen LogP contribution is 2.21. The summed E-state index contributed by atoms with van der Waals surface area (Å²) in [6, 6.07) is 0. The number of methoxy groups -OCH3 is 1. The molecule has 2 aliphatic rings. The number of nitrogens with zero attached hydrogens (tertiary/aromatic N) is 4. The highest BCUT2D eigenvalue weighted by atomic mass is 16.5. The molecule has 0 radical (unpaired) electrons. The minimum atomic E-state index is 0.118. The predicted octanol–water partition coefficient (Wildman–Crippen LogP) is 0.600. The van der Waals surface area contributed by atoms with E-state index in [1.807, 2.05) is 17.4 Å². The molecule has 134 valence electrons. The summed E-state index contributed by atoms with van der Waals surface area (Å²) in [5, 5.41) is 0. The fourth-order valence-electron chi connectivity index (χ4n) is 3.54. The van der Waals surface area contributed by atoms with Crippen molar-refractivity contribution in [2.24, 2.45) is 5.92 Å². The molecule has 2 saturated heterocycles. The summed E-state index contributed by atoms with van der Waals surface area (Å²) >= 11 is 0. The molecular weight excluding hydrogens is 308 g/mol. The van der Waals surface area contributed by atoms with Crippen molar-refractivity contribution < 1.29 is 14.3 Å². The number of aromatic nitrogens is 2. The molecule has 1 atom stereocenters. The molecule has 0 saturated carbocycles. The van der Waals surface area contributed by atoms with E-state index in [1.54, 1.807) is 7.11 Å². The lowest BCUT2D eigenvalue weighted by atomic mass is 9.96. The Morgan fingerprint density at radius 1 is 1.38 bits per heavy atom. The standard InChI is InChI=1S/C17H28N4O3/c1-23-8-5-21-14-18-11-16(21)13-19-4-2-3-15(12-19)17(22)20-6-9-24-10-7-20/h11,14-15H,2-10,12-13H2,1H3. The molecule has 24 heavy (non-hydrogen) atoms. The van der Waals surface area contributed by atoms with Crippen LogP contribution in [0, 0.1) is 5.92 Å². The Morgan fingerprint density at radius 3 is 3.00 bits per heavy atom. The fourth-order valence-corrected chi connectivity index (χ4v) is 3.54. The van der Waals surface area contributed by atoms with Crippen molar-refractivity contribution in [3.05, 3.63) is 18.2 Å². The smallest absolute Gasteiger partial charge is 0.227 e. The summed E-state index contributed by atoms with van der Waals surface area (Å²) < 4.78 is 12.6. The molecule has 2 fully saturated rings.